The number of halogens is 3. The van der Waals surface area contributed by atoms with Crippen LogP contribution in [-0.2, 0) is 16.7 Å². The number of nitrogens with zero attached hydrogens (tertiary/aromatic N) is 3. The van der Waals surface area contributed by atoms with Crippen molar-refractivity contribution in [3.63, 3.8) is 0 Å². The molecule has 0 unspecified atom stereocenters. The van der Waals surface area contributed by atoms with Crippen LogP contribution in [0.3, 0.4) is 0 Å². The van der Waals surface area contributed by atoms with E-state index in [0.29, 0.717) is 17.7 Å². The first kappa shape index (κ1) is 19.7. The normalized spacial score (nSPS) is 28.6. The zero-order valence-electron chi connectivity index (χ0n) is 16.5. The lowest BCUT2D eigenvalue weighted by Crippen LogP contribution is -2.43. The second kappa shape index (κ2) is 7.15. The molecule has 1 fully saturated rings. The Balaban J connectivity index is 1.51. The van der Waals surface area contributed by atoms with Gasteiger partial charge in [-0.3, -0.25) is 4.98 Å². The van der Waals surface area contributed by atoms with Gasteiger partial charge in [0.05, 0.1) is 17.3 Å². The number of anilines is 1. The Morgan fingerprint density at radius 3 is 2.94 bits per heavy atom. The highest BCUT2D eigenvalue weighted by Crippen LogP contribution is 2.56. The van der Waals surface area contributed by atoms with E-state index in [9.17, 15) is 13.2 Å². The van der Waals surface area contributed by atoms with Crippen molar-refractivity contribution >= 4 is 11.7 Å². The fraction of sp³-hybridized carbons (Fsp3) is 0.409. The number of alkyl halides is 2. The van der Waals surface area contributed by atoms with Crippen LogP contribution in [0.15, 0.2) is 35.5 Å². The van der Waals surface area contributed by atoms with Crippen molar-refractivity contribution in [1.82, 2.24) is 4.98 Å². The Morgan fingerprint density at radius 2 is 2.16 bits per heavy atom. The number of hydrogen-bond donors (Lipinski definition) is 2. The molecule has 2 heterocycles. The second-order valence-corrected chi connectivity index (χ2v) is 8.24. The summed E-state index contributed by atoms with van der Waals surface area (Å²) in [6.07, 6.45) is 0.958. The molecule has 160 valence electrons. The molecule has 0 bridgehead atoms. The number of rotatable bonds is 4. The molecular formula is C22H20F3N5O. The lowest BCUT2D eigenvalue weighted by Gasteiger charge is -2.33. The number of hydrogen-bond acceptors (Lipinski definition) is 6. The largest absolute Gasteiger partial charge is 0.462 e. The summed E-state index contributed by atoms with van der Waals surface area (Å²) in [5.41, 5.74) is 6.19. The van der Waals surface area contributed by atoms with Gasteiger partial charge in [0.1, 0.15) is 18.0 Å². The maximum atomic E-state index is 14.8. The topological polar surface area (TPSA) is 96.3 Å². The van der Waals surface area contributed by atoms with Gasteiger partial charge in [-0.15, -0.1) is 0 Å². The van der Waals surface area contributed by atoms with Gasteiger partial charge in [-0.25, -0.2) is 18.2 Å². The third-order valence-electron chi connectivity index (χ3n) is 6.34. The van der Waals surface area contributed by atoms with Gasteiger partial charge in [0.15, 0.2) is 5.54 Å². The Kier molecular flexibility index (Phi) is 4.54. The monoisotopic (exact) mass is 427 g/mol. The number of aryl methyl sites for hydroxylation is 1. The molecular weight excluding hydrogens is 407 g/mol. The van der Waals surface area contributed by atoms with Gasteiger partial charge in [0.2, 0.25) is 0 Å². The molecule has 6 nitrogen and oxygen atoms in total. The molecule has 2 aromatic rings. The summed E-state index contributed by atoms with van der Waals surface area (Å²) in [6, 6.07) is 7.50. The summed E-state index contributed by atoms with van der Waals surface area (Å²) in [5, 5.41) is 12.4. The summed E-state index contributed by atoms with van der Waals surface area (Å²) < 4.78 is 48.7. The van der Waals surface area contributed by atoms with E-state index in [-0.39, 0.29) is 17.6 Å². The Hall–Kier alpha value is -3.28. The van der Waals surface area contributed by atoms with E-state index in [1.54, 1.807) is 0 Å². The molecule has 0 radical (unpaired) electrons. The first-order chi connectivity index (χ1) is 14.9. The first-order valence-corrected chi connectivity index (χ1v) is 10.2. The molecule has 31 heavy (non-hydrogen) atoms. The van der Waals surface area contributed by atoms with Crippen molar-refractivity contribution in [1.29, 1.82) is 5.26 Å². The molecule has 2 aliphatic carbocycles. The summed E-state index contributed by atoms with van der Waals surface area (Å²) in [7, 11) is 0. The molecule has 3 aliphatic rings. The summed E-state index contributed by atoms with van der Waals surface area (Å²) in [6.45, 7) is 0. The third-order valence-corrected chi connectivity index (χ3v) is 6.34. The van der Waals surface area contributed by atoms with Crippen molar-refractivity contribution in [2.45, 2.75) is 49.8 Å². The van der Waals surface area contributed by atoms with Crippen molar-refractivity contribution in [3.8, 4) is 6.07 Å². The number of benzene rings is 1. The van der Waals surface area contributed by atoms with Crippen molar-refractivity contribution in [2.75, 3.05) is 5.32 Å². The van der Waals surface area contributed by atoms with Crippen molar-refractivity contribution in [3.05, 3.63) is 58.7 Å². The van der Waals surface area contributed by atoms with Crippen LogP contribution in [-0.4, -0.2) is 23.5 Å². The van der Waals surface area contributed by atoms with Gasteiger partial charge in [-0.1, -0.05) is 0 Å². The lowest BCUT2D eigenvalue weighted by atomic mass is 9.84. The van der Waals surface area contributed by atoms with Gasteiger partial charge >= 0.3 is 0 Å². The average Bonchev–Trinajstić information content (AvgIpc) is 3.53. The van der Waals surface area contributed by atoms with E-state index in [0.717, 1.165) is 30.5 Å². The number of fused-ring (bicyclic) bond motifs is 2. The van der Waals surface area contributed by atoms with Crippen molar-refractivity contribution in [2.24, 2.45) is 16.6 Å². The first-order valence-electron chi connectivity index (χ1n) is 10.2. The number of nitrogens with two attached hydrogens (primary N) is 1. The van der Waals surface area contributed by atoms with Crippen LogP contribution in [0.1, 0.15) is 47.7 Å². The van der Waals surface area contributed by atoms with Gasteiger partial charge in [-0.2, -0.15) is 5.26 Å². The molecule has 1 aliphatic heterocycles. The van der Waals surface area contributed by atoms with E-state index >= 15 is 0 Å². The molecule has 1 saturated carbocycles. The minimum Gasteiger partial charge on any atom is -0.462 e. The molecule has 9 heteroatoms. The standard InChI is InChI=1S/C22H20F3N5O/c23-16-5-4-13(29-17-3-1-2-12-6-11(9-26)10-28-19(12)17)7-14(16)22(20(24)25)15-8-18(15)31-21(27)30-22/h4-7,10,15,17-18,20,29H,1-3,8H2,(H2,27,30)/t15-,17+,18+,22+/m0/s1. The van der Waals surface area contributed by atoms with Crippen LogP contribution in [0.4, 0.5) is 18.9 Å². The Morgan fingerprint density at radius 1 is 1.32 bits per heavy atom. The summed E-state index contributed by atoms with van der Waals surface area (Å²) >= 11 is 0. The predicted octanol–water partition coefficient (Wildman–Crippen LogP) is 3.78. The number of nitrogens with one attached hydrogen (secondary N) is 1. The predicted molar refractivity (Wildman–Crippen MR) is 107 cm³/mol. The van der Waals surface area contributed by atoms with Crippen LogP contribution in [0.5, 0.6) is 0 Å². The molecule has 1 aromatic heterocycles. The second-order valence-electron chi connectivity index (χ2n) is 8.24. The van der Waals surface area contributed by atoms with Crippen LogP contribution in [0.2, 0.25) is 0 Å². The number of pyridine rings is 1. The highest BCUT2D eigenvalue weighted by molar-refractivity contribution is 5.74. The van der Waals surface area contributed by atoms with Crippen LogP contribution >= 0.6 is 0 Å². The zero-order valence-corrected chi connectivity index (χ0v) is 16.5. The average molecular weight is 427 g/mol. The lowest BCUT2D eigenvalue weighted by molar-refractivity contribution is 0.0177. The fourth-order valence-electron chi connectivity index (χ4n) is 4.79. The molecule has 0 amide bonds. The smallest absolute Gasteiger partial charge is 0.283 e. The van der Waals surface area contributed by atoms with Crippen LogP contribution < -0.4 is 11.1 Å². The van der Waals surface area contributed by atoms with Gasteiger partial charge in [0, 0.05) is 23.4 Å². The highest BCUT2D eigenvalue weighted by atomic mass is 19.3. The van der Waals surface area contributed by atoms with Crippen molar-refractivity contribution < 1.29 is 17.9 Å². The highest BCUT2D eigenvalue weighted by Gasteiger charge is 2.64. The number of aliphatic imine (C=N–C) groups is 1. The van der Waals surface area contributed by atoms with E-state index in [1.165, 1.54) is 24.4 Å². The fourth-order valence-corrected chi connectivity index (χ4v) is 4.79. The summed E-state index contributed by atoms with van der Waals surface area (Å²) in [5.74, 6) is -1.37. The molecule has 0 saturated heterocycles. The van der Waals surface area contributed by atoms with Crippen LogP contribution in [0.25, 0.3) is 0 Å². The number of amidine groups is 1. The van der Waals surface area contributed by atoms with E-state index in [1.807, 2.05) is 6.07 Å². The number of aromatic nitrogens is 1. The minimum absolute atomic E-state index is 0.172. The molecule has 4 atom stereocenters. The van der Waals surface area contributed by atoms with Crippen LogP contribution in [0, 0.1) is 23.1 Å². The van der Waals surface area contributed by atoms with Gasteiger partial charge in [-0.05, 0) is 55.5 Å². The SMILES string of the molecule is N#Cc1cnc2c(c1)CCC[C@H]2Nc1ccc(F)c([C@@]2(C(F)F)N=C(N)O[C@@H]3C[C@@H]32)c1. The maximum absolute atomic E-state index is 14.8. The molecule has 0 spiro atoms. The third kappa shape index (κ3) is 3.17. The molecule has 5 rings (SSSR count). The van der Waals surface area contributed by atoms with E-state index in [2.05, 4.69) is 21.4 Å². The molecule has 3 N–H and O–H groups in total. The number of nitriles is 1. The Bertz CT molecular complexity index is 1110. The maximum Gasteiger partial charge on any atom is 0.283 e. The van der Waals surface area contributed by atoms with E-state index in [4.69, 9.17) is 15.7 Å². The quantitative estimate of drug-likeness (QED) is 0.774. The molecule has 1 aromatic carbocycles. The summed E-state index contributed by atoms with van der Waals surface area (Å²) in [4.78, 5) is 8.36. The van der Waals surface area contributed by atoms with Gasteiger partial charge in [0.25, 0.3) is 12.4 Å². The zero-order chi connectivity index (χ0) is 21.8. The van der Waals surface area contributed by atoms with E-state index < -0.39 is 29.8 Å². The van der Waals surface area contributed by atoms with Gasteiger partial charge < -0.3 is 15.8 Å². The Labute approximate surface area is 176 Å². The number of ether oxygens (including phenoxy) is 1. The minimum atomic E-state index is -2.93.